The minimum absolute atomic E-state index is 0.0122. The van der Waals surface area contributed by atoms with Gasteiger partial charge in [0.15, 0.2) is 5.78 Å². The third-order valence-corrected chi connectivity index (χ3v) is 4.19. The van der Waals surface area contributed by atoms with E-state index in [1.54, 1.807) is 6.07 Å². The van der Waals surface area contributed by atoms with Gasteiger partial charge in [0, 0.05) is 17.4 Å². The van der Waals surface area contributed by atoms with Crippen LogP contribution in [0.15, 0.2) is 24.3 Å². The number of carbonyl (C=O) groups is 1. The van der Waals surface area contributed by atoms with Crippen molar-refractivity contribution in [3.05, 3.63) is 35.6 Å². The third kappa shape index (κ3) is 3.46. The molecular weight excluding hydrogens is 255 g/mol. The number of ketones is 1. The van der Waals surface area contributed by atoms with Gasteiger partial charge in [0.1, 0.15) is 5.82 Å². The van der Waals surface area contributed by atoms with Crippen LogP contribution in [0, 0.1) is 5.82 Å². The van der Waals surface area contributed by atoms with Gasteiger partial charge in [0.25, 0.3) is 0 Å². The molecule has 3 nitrogen and oxygen atoms in total. The van der Waals surface area contributed by atoms with Gasteiger partial charge >= 0.3 is 0 Å². The van der Waals surface area contributed by atoms with E-state index in [4.69, 9.17) is 4.74 Å². The van der Waals surface area contributed by atoms with Crippen molar-refractivity contribution in [3.63, 3.8) is 0 Å². The van der Waals surface area contributed by atoms with Crippen LogP contribution in [0.4, 0.5) is 4.39 Å². The second-order valence-corrected chi connectivity index (χ2v) is 5.79. The molecule has 0 aromatic heterocycles. The molecule has 0 N–H and O–H groups in total. The maximum absolute atomic E-state index is 13.4. The van der Waals surface area contributed by atoms with Gasteiger partial charge in [-0.25, -0.2) is 4.39 Å². The van der Waals surface area contributed by atoms with Gasteiger partial charge in [-0.15, -0.1) is 0 Å². The summed E-state index contributed by atoms with van der Waals surface area (Å²) in [6.45, 7) is 0.698. The topological polar surface area (TPSA) is 43.4 Å². The number of hydrogen-bond donors (Lipinski definition) is 0. The zero-order valence-corrected chi connectivity index (χ0v) is 10.7. The van der Waals surface area contributed by atoms with Crippen molar-refractivity contribution >= 4 is 16.6 Å². The zero-order chi connectivity index (χ0) is 13.0. The van der Waals surface area contributed by atoms with Crippen molar-refractivity contribution in [3.8, 4) is 0 Å². The highest BCUT2D eigenvalue weighted by Gasteiger charge is 2.21. The van der Waals surface area contributed by atoms with E-state index >= 15 is 0 Å². The van der Waals surface area contributed by atoms with Crippen LogP contribution in [0.25, 0.3) is 0 Å². The number of Topliss-reactive ketones (excluding diaryl/α,β-unsaturated/α-hetero) is 1. The molecule has 0 amide bonds. The van der Waals surface area contributed by atoms with Gasteiger partial charge in [-0.05, 0) is 25.0 Å². The Morgan fingerprint density at radius 1 is 1.44 bits per heavy atom. The number of hydrogen-bond acceptors (Lipinski definition) is 3. The highest BCUT2D eigenvalue weighted by atomic mass is 32.2. The van der Waals surface area contributed by atoms with Crippen LogP contribution in [-0.2, 0) is 15.5 Å². The molecule has 1 aromatic rings. The number of halogens is 1. The van der Waals surface area contributed by atoms with Crippen LogP contribution in [0.2, 0.25) is 0 Å². The molecule has 18 heavy (non-hydrogen) atoms. The molecule has 1 fully saturated rings. The molecule has 1 aliphatic heterocycles. The van der Waals surface area contributed by atoms with Gasteiger partial charge in [-0.3, -0.25) is 9.00 Å². The monoisotopic (exact) mass is 270 g/mol. The number of rotatable bonds is 5. The summed E-state index contributed by atoms with van der Waals surface area (Å²) in [5.41, 5.74) is 0.0122. The second kappa shape index (κ2) is 6.20. The molecule has 1 heterocycles. The lowest BCUT2D eigenvalue weighted by Gasteiger charge is -2.08. The molecule has 0 radical (unpaired) electrons. The largest absolute Gasteiger partial charge is 0.377 e. The molecule has 2 rings (SSSR count). The molecule has 2 atom stereocenters. The Morgan fingerprint density at radius 2 is 2.22 bits per heavy atom. The Morgan fingerprint density at radius 3 is 2.89 bits per heavy atom. The number of benzene rings is 1. The highest BCUT2D eigenvalue weighted by Crippen LogP contribution is 2.14. The Hall–Kier alpha value is -1.07. The minimum Gasteiger partial charge on any atom is -0.377 e. The maximum atomic E-state index is 13.4. The predicted molar refractivity (Wildman–Crippen MR) is 67.6 cm³/mol. The second-order valence-electron chi connectivity index (χ2n) is 4.29. The summed E-state index contributed by atoms with van der Waals surface area (Å²) in [5.74, 6) is -0.748. The van der Waals surface area contributed by atoms with Crippen molar-refractivity contribution < 1.29 is 18.1 Å². The maximum Gasteiger partial charge on any atom is 0.178 e. The van der Waals surface area contributed by atoms with E-state index in [0.717, 1.165) is 12.8 Å². The van der Waals surface area contributed by atoms with Gasteiger partial charge in [0.05, 0.1) is 23.2 Å². The number of carbonyl (C=O) groups excluding carboxylic acids is 1. The summed E-state index contributed by atoms with van der Waals surface area (Å²) in [4.78, 5) is 11.8. The van der Waals surface area contributed by atoms with Crippen molar-refractivity contribution in [2.24, 2.45) is 0 Å². The first-order valence-electron chi connectivity index (χ1n) is 5.91. The third-order valence-electron chi connectivity index (χ3n) is 2.86. The van der Waals surface area contributed by atoms with Crippen LogP contribution in [0.3, 0.4) is 0 Å². The Balaban J connectivity index is 1.91. The molecule has 0 saturated carbocycles. The lowest BCUT2D eigenvalue weighted by Crippen LogP contribution is -2.21. The molecule has 1 saturated heterocycles. The van der Waals surface area contributed by atoms with E-state index in [-0.39, 0.29) is 17.4 Å². The van der Waals surface area contributed by atoms with Gasteiger partial charge in [0.2, 0.25) is 0 Å². The lowest BCUT2D eigenvalue weighted by molar-refractivity contribution is 0.101. The molecule has 5 heteroatoms. The van der Waals surface area contributed by atoms with Crippen LogP contribution in [0.1, 0.15) is 23.2 Å². The zero-order valence-electron chi connectivity index (χ0n) is 9.93. The fourth-order valence-corrected chi connectivity index (χ4v) is 3.20. The van der Waals surface area contributed by atoms with Gasteiger partial charge in [-0.2, -0.15) is 0 Å². The van der Waals surface area contributed by atoms with Crippen LogP contribution < -0.4 is 0 Å². The summed E-state index contributed by atoms with van der Waals surface area (Å²) < 4.78 is 30.5. The van der Waals surface area contributed by atoms with Crippen molar-refractivity contribution in [1.29, 1.82) is 0 Å². The fraction of sp³-hybridized carbons (Fsp3) is 0.462. The first kappa shape index (κ1) is 13.4. The van der Waals surface area contributed by atoms with E-state index in [2.05, 4.69) is 0 Å². The average Bonchev–Trinajstić information content (AvgIpc) is 2.82. The molecular formula is C13H15FO3S. The summed E-state index contributed by atoms with van der Waals surface area (Å²) in [6, 6.07) is 5.77. The summed E-state index contributed by atoms with van der Waals surface area (Å²) >= 11 is 0. The smallest absolute Gasteiger partial charge is 0.178 e. The normalized spacial score (nSPS) is 20.8. The molecule has 0 bridgehead atoms. The predicted octanol–water partition coefficient (Wildman–Crippen LogP) is 1.94. The van der Waals surface area contributed by atoms with E-state index in [1.165, 1.54) is 18.2 Å². The lowest BCUT2D eigenvalue weighted by atomic mass is 10.1. The van der Waals surface area contributed by atoms with Gasteiger partial charge < -0.3 is 4.74 Å². The van der Waals surface area contributed by atoms with Crippen LogP contribution in [0.5, 0.6) is 0 Å². The Bertz CT molecular complexity index is 455. The average molecular weight is 270 g/mol. The SMILES string of the molecule is O=C(CS(=O)CC1CCCO1)c1ccccc1F. The van der Waals surface area contributed by atoms with Crippen LogP contribution in [-0.4, -0.2) is 34.2 Å². The number of ether oxygens (including phenoxy) is 1. The molecule has 0 aliphatic carbocycles. The van der Waals surface area contributed by atoms with Crippen molar-refractivity contribution in [2.45, 2.75) is 18.9 Å². The molecule has 1 aromatic carbocycles. The Kier molecular flexibility index (Phi) is 4.60. The molecule has 1 aliphatic rings. The Labute approximate surface area is 108 Å². The van der Waals surface area contributed by atoms with E-state index < -0.39 is 22.4 Å². The fourth-order valence-electron chi connectivity index (χ4n) is 1.95. The summed E-state index contributed by atoms with van der Waals surface area (Å²) in [6.07, 6.45) is 1.85. The van der Waals surface area contributed by atoms with Crippen molar-refractivity contribution in [1.82, 2.24) is 0 Å². The van der Waals surface area contributed by atoms with E-state index in [9.17, 15) is 13.4 Å². The molecule has 98 valence electrons. The minimum atomic E-state index is -1.29. The summed E-state index contributed by atoms with van der Waals surface area (Å²) in [7, 11) is -1.29. The van der Waals surface area contributed by atoms with Gasteiger partial charge in [-0.1, -0.05) is 12.1 Å². The summed E-state index contributed by atoms with van der Waals surface area (Å²) in [5, 5.41) is 0. The standard InChI is InChI=1S/C13H15FO3S/c14-12-6-2-1-5-11(12)13(15)9-18(16)8-10-4-3-7-17-10/h1-2,5-6,10H,3-4,7-9H2. The first-order chi connectivity index (χ1) is 8.66. The highest BCUT2D eigenvalue weighted by molar-refractivity contribution is 7.85. The van der Waals surface area contributed by atoms with Crippen LogP contribution >= 0.6 is 0 Å². The quantitative estimate of drug-likeness (QED) is 0.768. The van der Waals surface area contributed by atoms with E-state index in [0.29, 0.717) is 12.4 Å². The van der Waals surface area contributed by atoms with E-state index in [1.807, 2.05) is 0 Å². The molecule has 0 spiro atoms. The molecule has 2 unspecified atom stereocenters. The first-order valence-corrected chi connectivity index (χ1v) is 7.40. The van der Waals surface area contributed by atoms with Crippen molar-refractivity contribution in [2.75, 3.05) is 18.1 Å².